The first-order valence-electron chi connectivity index (χ1n) is 7.31. The minimum Gasteiger partial charge on any atom is -0.504 e. The molecular weight excluding hydrogens is 272 g/mol. The van der Waals surface area contributed by atoms with Gasteiger partial charge in [-0.1, -0.05) is 42.5 Å². The Morgan fingerprint density at radius 2 is 1.50 bits per heavy atom. The number of phenolic OH excluding ortho intramolecular Hbond substituents is 1. The normalized spacial score (nSPS) is 11.4. The first kappa shape index (κ1) is 13.0. The molecule has 0 saturated heterocycles. The van der Waals surface area contributed by atoms with E-state index < -0.39 is 0 Å². The summed E-state index contributed by atoms with van der Waals surface area (Å²) in [6.45, 7) is 2.01. The van der Waals surface area contributed by atoms with Gasteiger partial charge in [0, 0.05) is 10.8 Å². The lowest BCUT2D eigenvalue weighted by atomic mass is 9.94. The Kier molecular flexibility index (Phi) is 2.73. The van der Waals surface area contributed by atoms with Gasteiger partial charge in [-0.05, 0) is 46.2 Å². The maximum atomic E-state index is 10.7. The van der Waals surface area contributed by atoms with Crippen LogP contribution < -0.4 is 4.74 Å². The van der Waals surface area contributed by atoms with Crippen molar-refractivity contribution in [2.45, 2.75) is 6.92 Å². The first-order chi connectivity index (χ1) is 10.7. The van der Waals surface area contributed by atoms with Gasteiger partial charge in [0.15, 0.2) is 11.5 Å². The first-order valence-corrected chi connectivity index (χ1v) is 7.31. The van der Waals surface area contributed by atoms with Crippen LogP contribution in [0.15, 0.2) is 54.6 Å². The van der Waals surface area contributed by atoms with Gasteiger partial charge in [0.05, 0.1) is 7.11 Å². The van der Waals surface area contributed by atoms with E-state index in [4.69, 9.17) is 4.74 Å². The molecule has 2 nitrogen and oxygen atoms in total. The van der Waals surface area contributed by atoms with Gasteiger partial charge in [-0.2, -0.15) is 0 Å². The van der Waals surface area contributed by atoms with Crippen molar-refractivity contribution in [1.82, 2.24) is 0 Å². The summed E-state index contributed by atoms with van der Waals surface area (Å²) in [5.41, 5.74) is 1.04. The predicted octanol–water partition coefficient (Wildman–Crippen LogP) is 5.17. The van der Waals surface area contributed by atoms with E-state index in [0.717, 1.165) is 32.5 Å². The third-order valence-corrected chi connectivity index (χ3v) is 4.35. The summed E-state index contributed by atoms with van der Waals surface area (Å²) < 4.78 is 5.52. The number of aryl methyl sites for hydroxylation is 1. The highest BCUT2D eigenvalue weighted by Gasteiger charge is 2.16. The van der Waals surface area contributed by atoms with Gasteiger partial charge >= 0.3 is 0 Å². The molecule has 0 unspecified atom stereocenters. The molecule has 4 rings (SSSR count). The fourth-order valence-corrected chi connectivity index (χ4v) is 3.31. The van der Waals surface area contributed by atoms with E-state index in [9.17, 15) is 5.11 Å². The van der Waals surface area contributed by atoms with Gasteiger partial charge in [-0.15, -0.1) is 0 Å². The third kappa shape index (κ3) is 1.67. The third-order valence-electron chi connectivity index (χ3n) is 4.35. The molecule has 0 fully saturated rings. The zero-order valence-corrected chi connectivity index (χ0v) is 12.6. The lowest BCUT2D eigenvalue weighted by molar-refractivity contribution is 0.381. The number of benzene rings is 4. The van der Waals surface area contributed by atoms with Gasteiger partial charge in [0.25, 0.3) is 0 Å². The topological polar surface area (TPSA) is 29.5 Å². The SMILES string of the molecule is COc1c(O)c2c(C)cccc2c2cc3ccccc3cc12. The number of rotatable bonds is 1. The van der Waals surface area contributed by atoms with Crippen molar-refractivity contribution in [2.24, 2.45) is 0 Å². The molecule has 0 aliphatic heterocycles. The van der Waals surface area contributed by atoms with Crippen LogP contribution >= 0.6 is 0 Å². The summed E-state index contributed by atoms with van der Waals surface area (Å²) in [4.78, 5) is 0. The number of aromatic hydroxyl groups is 1. The molecule has 0 atom stereocenters. The Balaban J connectivity index is 2.33. The van der Waals surface area contributed by atoms with Crippen LogP contribution in [0.2, 0.25) is 0 Å². The van der Waals surface area contributed by atoms with Gasteiger partial charge in [0.2, 0.25) is 0 Å². The van der Waals surface area contributed by atoms with Crippen molar-refractivity contribution in [3.8, 4) is 11.5 Å². The second kappa shape index (κ2) is 4.63. The fraction of sp³-hybridized carbons (Fsp3) is 0.100. The summed E-state index contributed by atoms with van der Waals surface area (Å²) in [7, 11) is 1.60. The Hall–Kier alpha value is -2.74. The summed E-state index contributed by atoms with van der Waals surface area (Å²) in [6.07, 6.45) is 0. The largest absolute Gasteiger partial charge is 0.504 e. The number of fused-ring (bicyclic) bond motifs is 4. The van der Waals surface area contributed by atoms with Crippen molar-refractivity contribution in [2.75, 3.05) is 7.11 Å². The molecule has 0 heterocycles. The molecule has 108 valence electrons. The smallest absolute Gasteiger partial charge is 0.168 e. The average molecular weight is 288 g/mol. The molecule has 0 aliphatic rings. The zero-order valence-electron chi connectivity index (χ0n) is 12.6. The van der Waals surface area contributed by atoms with E-state index in [2.05, 4.69) is 30.3 Å². The van der Waals surface area contributed by atoms with E-state index in [1.165, 1.54) is 5.39 Å². The lowest BCUT2D eigenvalue weighted by Gasteiger charge is -2.15. The van der Waals surface area contributed by atoms with Crippen LogP contribution in [0.1, 0.15) is 5.56 Å². The Labute approximate surface area is 128 Å². The molecule has 1 N–H and O–H groups in total. The second-order valence-electron chi connectivity index (χ2n) is 5.62. The summed E-state index contributed by atoms with van der Waals surface area (Å²) in [5, 5.41) is 17.0. The Morgan fingerprint density at radius 3 is 2.18 bits per heavy atom. The molecule has 2 heteroatoms. The molecule has 0 spiro atoms. The molecule has 0 aliphatic carbocycles. The quantitative estimate of drug-likeness (QED) is 0.387. The minimum absolute atomic E-state index is 0.221. The maximum Gasteiger partial charge on any atom is 0.168 e. The molecule has 4 aromatic rings. The van der Waals surface area contributed by atoms with Crippen LogP contribution in [0.3, 0.4) is 0 Å². The number of methoxy groups -OCH3 is 1. The van der Waals surface area contributed by atoms with Crippen molar-refractivity contribution >= 4 is 32.3 Å². The number of hydrogen-bond acceptors (Lipinski definition) is 2. The van der Waals surface area contributed by atoms with Gasteiger partial charge in [-0.3, -0.25) is 0 Å². The van der Waals surface area contributed by atoms with E-state index in [1.54, 1.807) is 7.11 Å². The second-order valence-corrected chi connectivity index (χ2v) is 5.62. The van der Waals surface area contributed by atoms with Crippen LogP contribution in [0.5, 0.6) is 11.5 Å². The molecule has 0 bridgehead atoms. The number of phenols is 1. The summed E-state index contributed by atoms with van der Waals surface area (Å²) in [6, 6.07) is 18.6. The molecule has 0 saturated carbocycles. The zero-order chi connectivity index (χ0) is 15.3. The van der Waals surface area contributed by atoms with Crippen molar-refractivity contribution in [3.63, 3.8) is 0 Å². The van der Waals surface area contributed by atoms with Crippen LogP contribution in [-0.4, -0.2) is 12.2 Å². The molecule has 0 amide bonds. The van der Waals surface area contributed by atoms with Gasteiger partial charge in [-0.25, -0.2) is 0 Å². The Morgan fingerprint density at radius 1 is 0.818 bits per heavy atom. The minimum atomic E-state index is 0.221. The fourth-order valence-electron chi connectivity index (χ4n) is 3.31. The lowest BCUT2D eigenvalue weighted by Crippen LogP contribution is -1.90. The molecule has 0 radical (unpaired) electrons. The van der Waals surface area contributed by atoms with Crippen molar-refractivity contribution in [1.29, 1.82) is 0 Å². The monoisotopic (exact) mass is 288 g/mol. The van der Waals surface area contributed by atoms with E-state index in [-0.39, 0.29) is 5.75 Å². The van der Waals surface area contributed by atoms with Gasteiger partial charge < -0.3 is 9.84 Å². The number of hydrogen-bond donors (Lipinski definition) is 1. The molecular formula is C20H16O2. The van der Waals surface area contributed by atoms with E-state index in [1.807, 2.05) is 31.2 Å². The van der Waals surface area contributed by atoms with Gasteiger partial charge in [0.1, 0.15) is 0 Å². The maximum absolute atomic E-state index is 10.7. The average Bonchev–Trinajstić information content (AvgIpc) is 2.54. The highest BCUT2D eigenvalue weighted by molar-refractivity contribution is 6.17. The van der Waals surface area contributed by atoms with Crippen LogP contribution in [0, 0.1) is 6.92 Å². The summed E-state index contributed by atoms with van der Waals surface area (Å²) >= 11 is 0. The van der Waals surface area contributed by atoms with Crippen molar-refractivity contribution < 1.29 is 9.84 Å². The van der Waals surface area contributed by atoms with Crippen LogP contribution in [-0.2, 0) is 0 Å². The number of ether oxygens (including phenoxy) is 1. The molecule has 4 aromatic carbocycles. The highest BCUT2D eigenvalue weighted by Crippen LogP contribution is 2.44. The molecule has 22 heavy (non-hydrogen) atoms. The standard InChI is InChI=1S/C20H16O2/c1-12-6-5-9-15-16-10-13-7-3-4-8-14(13)11-17(16)20(22-2)19(21)18(12)15/h3-11,21H,1-2H3. The predicted molar refractivity (Wildman–Crippen MR) is 91.9 cm³/mol. The highest BCUT2D eigenvalue weighted by atomic mass is 16.5. The van der Waals surface area contributed by atoms with E-state index in [0.29, 0.717) is 5.75 Å². The van der Waals surface area contributed by atoms with Crippen LogP contribution in [0.25, 0.3) is 32.3 Å². The molecule has 0 aromatic heterocycles. The van der Waals surface area contributed by atoms with E-state index >= 15 is 0 Å². The Bertz CT molecular complexity index is 1030. The van der Waals surface area contributed by atoms with Crippen LogP contribution in [0.4, 0.5) is 0 Å². The summed E-state index contributed by atoms with van der Waals surface area (Å²) in [5.74, 6) is 0.765. The van der Waals surface area contributed by atoms with Crippen molar-refractivity contribution in [3.05, 3.63) is 60.2 Å².